The maximum atomic E-state index is 12.7. The molecule has 2 amide bonds. The number of amides is 2. The van der Waals surface area contributed by atoms with Crippen molar-refractivity contribution in [2.24, 2.45) is 5.73 Å². The number of rotatable bonds is 9. The van der Waals surface area contributed by atoms with E-state index in [0.29, 0.717) is 11.5 Å². The third-order valence-corrected chi connectivity index (χ3v) is 5.75. The zero-order valence-electron chi connectivity index (χ0n) is 17.8. The molecule has 0 aliphatic rings. The summed E-state index contributed by atoms with van der Waals surface area (Å²) < 4.78 is 29.1. The van der Waals surface area contributed by atoms with Crippen molar-refractivity contribution in [2.75, 3.05) is 5.75 Å². The Morgan fingerprint density at radius 1 is 1.23 bits per heavy atom. The summed E-state index contributed by atoms with van der Waals surface area (Å²) in [5, 5.41) is 6.34. The van der Waals surface area contributed by atoms with E-state index in [4.69, 9.17) is 10.3 Å². The molecule has 1 atom stereocenters. The lowest BCUT2D eigenvalue weighted by Crippen LogP contribution is -2.41. The summed E-state index contributed by atoms with van der Waals surface area (Å²) in [6, 6.07) is 5.02. The molecule has 0 fully saturated rings. The summed E-state index contributed by atoms with van der Waals surface area (Å²) in [5.41, 5.74) is 5.01. The molecule has 10 nitrogen and oxygen atoms in total. The fraction of sp³-hybridized carbons (Fsp3) is 0.450. The van der Waals surface area contributed by atoms with Crippen molar-refractivity contribution >= 4 is 27.4 Å². The van der Waals surface area contributed by atoms with Gasteiger partial charge in [-0.3, -0.25) is 14.4 Å². The number of nitrogens with two attached hydrogens (primary N) is 1. The van der Waals surface area contributed by atoms with Crippen LogP contribution in [0.2, 0.25) is 0 Å². The molecular formula is C20H26N4O6S. The molecule has 1 aromatic heterocycles. The van der Waals surface area contributed by atoms with Crippen LogP contribution in [0.5, 0.6) is 0 Å². The number of nitrogens with one attached hydrogen (secondary N) is 1. The molecule has 31 heavy (non-hydrogen) atoms. The maximum Gasteiger partial charge on any atom is 0.251 e. The molecule has 0 spiro atoms. The Balaban J connectivity index is 2.15. The van der Waals surface area contributed by atoms with Crippen LogP contribution in [0.3, 0.4) is 0 Å². The van der Waals surface area contributed by atoms with Crippen LogP contribution in [0, 0.1) is 0 Å². The monoisotopic (exact) mass is 450 g/mol. The summed E-state index contributed by atoms with van der Waals surface area (Å²) >= 11 is 0. The van der Waals surface area contributed by atoms with Gasteiger partial charge >= 0.3 is 0 Å². The number of sulfone groups is 1. The molecule has 1 heterocycles. The number of carbonyl (C=O) groups excluding carboxylic acids is 3. The van der Waals surface area contributed by atoms with Gasteiger partial charge in [0.2, 0.25) is 23.4 Å². The number of aromatic nitrogens is 2. The molecule has 168 valence electrons. The average Bonchev–Trinajstić information content (AvgIpc) is 3.14. The van der Waals surface area contributed by atoms with Gasteiger partial charge in [-0.15, -0.1) is 0 Å². The number of ketones is 1. The molecule has 0 aliphatic heterocycles. The van der Waals surface area contributed by atoms with E-state index in [-0.39, 0.29) is 17.8 Å². The Labute approximate surface area is 180 Å². The Kier molecular flexibility index (Phi) is 7.32. The van der Waals surface area contributed by atoms with Crippen LogP contribution in [0.1, 0.15) is 66.5 Å². The van der Waals surface area contributed by atoms with E-state index in [2.05, 4.69) is 15.5 Å². The Morgan fingerprint density at radius 2 is 1.90 bits per heavy atom. The van der Waals surface area contributed by atoms with Crippen molar-refractivity contribution in [2.45, 2.75) is 51.3 Å². The van der Waals surface area contributed by atoms with Crippen LogP contribution >= 0.6 is 0 Å². The van der Waals surface area contributed by atoms with Crippen molar-refractivity contribution in [1.82, 2.24) is 15.5 Å². The first kappa shape index (κ1) is 24.2. The van der Waals surface area contributed by atoms with E-state index in [1.165, 1.54) is 24.3 Å². The molecule has 0 aliphatic carbocycles. The van der Waals surface area contributed by atoms with Crippen LogP contribution in [0.15, 0.2) is 28.8 Å². The number of Topliss-reactive ketones (excluding diaryl/α,β-unsaturated/α-hetero) is 1. The minimum atomic E-state index is -3.75. The normalized spacial score (nSPS) is 12.9. The maximum absolute atomic E-state index is 12.7. The van der Waals surface area contributed by atoms with E-state index >= 15 is 0 Å². The van der Waals surface area contributed by atoms with Crippen molar-refractivity contribution in [1.29, 1.82) is 0 Å². The number of hydrogen-bond acceptors (Lipinski definition) is 8. The number of benzene rings is 1. The van der Waals surface area contributed by atoms with Gasteiger partial charge in [-0.2, -0.15) is 4.98 Å². The van der Waals surface area contributed by atoms with Crippen LogP contribution in [-0.4, -0.2) is 48.0 Å². The van der Waals surface area contributed by atoms with E-state index in [1.54, 1.807) is 6.92 Å². The lowest BCUT2D eigenvalue weighted by Gasteiger charge is -2.14. The third-order valence-electron chi connectivity index (χ3n) is 4.26. The average molecular weight is 451 g/mol. The second-order valence-corrected chi connectivity index (χ2v) is 10.2. The van der Waals surface area contributed by atoms with Gasteiger partial charge in [0, 0.05) is 11.0 Å². The largest absolute Gasteiger partial charge is 0.369 e. The van der Waals surface area contributed by atoms with Gasteiger partial charge in [0.25, 0.3) is 5.91 Å². The minimum absolute atomic E-state index is 0.122. The highest BCUT2D eigenvalue weighted by atomic mass is 32.2. The lowest BCUT2D eigenvalue weighted by atomic mass is 9.97. The molecule has 0 radical (unpaired) electrons. The minimum Gasteiger partial charge on any atom is -0.369 e. The fourth-order valence-electron chi connectivity index (χ4n) is 2.70. The van der Waals surface area contributed by atoms with Gasteiger partial charge in [0.05, 0.1) is 11.8 Å². The second-order valence-electron chi connectivity index (χ2n) is 8.17. The lowest BCUT2D eigenvalue weighted by molar-refractivity contribution is -0.115. The van der Waals surface area contributed by atoms with Crippen molar-refractivity contribution < 1.29 is 27.3 Å². The molecule has 0 saturated carbocycles. The smallest absolute Gasteiger partial charge is 0.251 e. The van der Waals surface area contributed by atoms with Crippen LogP contribution in [0.25, 0.3) is 0 Å². The van der Waals surface area contributed by atoms with Gasteiger partial charge in [-0.25, -0.2) is 8.42 Å². The van der Waals surface area contributed by atoms with Gasteiger partial charge in [-0.1, -0.05) is 45.0 Å². The molecule has 0 unspecified atom stereocenters. The highest BCUT2D eigenvalue weighted by Crippen LogP contribution is 2.20. The van der Waals surface area contributed by atoms with Crippen molar-refractivity contribution in [3.8, 4) is 0 Å². The Hall–Kier alpha value is -3.08. The van der Waals surface area contributed by atoms with Gasteiger partial charge < -0.3 is 15.6 Å². The fourth-order valence-corrected chi connectivity index (χ4v) is 3.93. The topological polar surface area (TPSA) is 162 Å². The van der Waals surface area contributed by atoms with Gasteiger partial charge in [0.1, 0.15) is 5.75 Å². The van der Waals surface area contributed by atoms with E-state index in [0.717, 1.165) is 0 Å². The number of carbonyl (C=O) groups is 3. The molecule has 1 aromatic carbocycles. The first-order valence-electron chi connectivity index (χ1n) is 9.59. The third kappa shape index (κ3) is 6.71. The summed E-state index contributed by atoms with van der Waals surface area (Å²) in [6.45, 7) is 7.32. The summed E-state index contributed by atoms with van der Waals surface area (Å²) in [4.78, 5) is 40.4. The molecule has 0 saturated heterocycles. The molecular weight excluding hydrogens is 424 g/mol. The number of nitrogens with zero attached hydrogens (tertiary/aromatic N) is 2. The van der Waals surface area contributed by atoms with E-state index < -0.39 is 50.4 Å². The Bertz CT molecular complexity index is 1090. The highest BCUT2D eigenvalue weighted by Gasteiger charge is 2.29. The molecule has 3 N–H and O–H groups in total. The van der Waals surface area contributed by atoms with Crippen molar-refractivity contribution in [3.05, 3.63) is 47.1 Å². The molecule has 2 rings (SSSR count). The second kappa shape index (κ2) is 9.38. The predicted molar refractivity (Wildman–Crippen MR) is 112 cm³/mol. The Morgan fingerprint density at radius 3 is 2.45 bits per heavy atom. The summed E-state index contributed by atoms with van der Waals surface area (Å²) in [5.74, 6) is -3.04. The highest BCUT2D eigenvalue weighted by molar-refractivity contribution is 7.91. The van der Waals surface area contributed by atoms with Gasteiger partial charge in [-0.05, 0) is 24.1 Å². The quantitative estimate of drug-likeness (QED) is 0.538. The van der Waals surface area contributed by atoms with Crippen molar-refractivity contribution in [3.63, 3.8) is 0 Å². The van der Waals surface area contributed by atoms with E-state index in [9.17, 15) is 22.8 Å². The standard InChI is InChI=1S/C20H26N4O6S/c1-5-14(16(26)17-23-19(30-24-17)20(2,3)4)22-18(27)13-8-6-7-12(9-13)10-31(28,29)11-15(21)25/h6-9,14H,5,10-11H2,1-4H3,(H2,21,25)(H,22,27)/t14-/m1/s1. The first-order chi connectivity index (χ1) is 14.3. The van der Waals surface area contributed by atoms with Crippen LogP contribution in [0.4, 0.5) is 0 Å². The van der Waals surface area contributed by atoms with Crippen LogP contribution in [-0.2, 0) is 25.8 Å². The number of primary amides is 1. The number of hydrogen-bond donors (Lipinski definition) is 2. The molecule has 2 aromatic rings. The van der Waals surface area contributed by atoms with Crippen LogP contribution < -0.4 is 11.1 Å². The van der Waals surface area contributed by atoms with Gasteiger partial charge in [0.15, 0.2) is 9.84 Å². The summed E-state index contributed by atoms with van der Waals surface area (Å²) in [6.07, 6.45) is 0.288. The molecule has 0 bridgehead atoms. The predicted octanol–water partition coefficient (Wildman–Crippen LogP) is 1.16. The SMILES string of the molecule is CC[C@@H](NC(=O)c1cccc(CS(=O)(=O)CC(N)=O)c1)C(=O)c1noc(C(C)(C)C)n1. The zero-order valence-corrected chi connectivity index (χ0v) is 18.7. The van der Waals surface area contributed by atoms with E-state index in [1.807, 2.05) is 20.8 Å². The zero-order chi connectivity index (χ0) is 23.4. The molecule has 11 heteroatoms. The summed E-state index contributed by atoms with van der Waals surface area (Å²) in [7, 11) is -3.75. The first-order valence-corrected chi connectivity index (χ1v) is 11.4.